The molecule has 4 aromatic rings. The van der Waals surface area contributed by atoms with E-state index in [9.17, 15) is 9.50 Å². The van der Waals surface area contributed by atoms with Crippen molar-refractivity contribution in [2.24, 2.45) is 11.7 Å². The van der Waals surface area contributed by atoms with Gasteiger partial charge in [-0.05, 0) is 55.0 Å². The number of hydrogen-bond acceptors (Lipinski definition) is 6. The predicted octanol–water partition coefficient (Wildman–Crippen LogP) is 4.34. The number of aliphatic hydroxyl groups excluding tert-OH is 1. The van der Waals surface area contributed by atoms with Crippen molar-refractivity contribution in [3.05, 3.63) is 72.3 Å². The molecule has 0 radical (unpaired) electrons. The van der Waals surface area contributed by atoms with Crippen molar-refractivity contribution in [1.82, 2.24) is 19.6 Å². The summed E-state index contributed by atoms with van der Waals surface area (Å²) < 4.78 is 18.0. The summed E-state index contributed by atoms with van der Waals surface area (Å²) in [5.74, 6) is 0.618. The second-order valence-corrected chi connectivity index (χ2v) is 9.57. The van der Waals surface area contributed by atoms with Crippen LogP contribution in [0.15, 0.2) is 60.9 Å². The number of aromatic nitrogens is 4. The van der Waals surface area contributed by atoms with Crippen LogP contribution in [0.2, 0.25) is 0 Å². The smallest absolute Gasteiger partial charge is 0.149 e. The summed E-state index contributed by atoms with van der Waals surface area (Å²) in [6.45, 7) is 1.21. The highest BCUT2D eigenvalue weighted by Gasteiger charge is 2.20. The van der Waals surface area contributed by atoms with Crippen molar-refractivity contribution in [2.75, 3.05) is 18.5 Å². The monoisotopic (exact) mass is 499 g/mol. The number of nitrogens with zero attached hydrogens (tertiary/aromatic N) is 5. The average molecular weight is 500 g/mol. The van der Waals surface area contributed by atoms with E-state index in [1.807, 2.05) is 42.6 Å². The van der Waals surface area contributed by atoms with Gasteiger partial charge in [0.15, 0.2) is 0 Å². The van der Waals surface area contributed by atoms with Crippen LogP contribution in [0.25, 0.3) is 28.1 Å². The van der Waals surface area contributed by atoms with Crippen molar-refractivity contribution >= 4 is 5.82 Å². The molecule has 8 nitrogen and oxygen atoms in total. The molecule has 2 aromatic heterocycles. The molecule has 37 heavy (non-hydrogen) atoms. The maximum atomic E-state index is 14.5. The Balaban J connectivity index is 1.49. The SMILES string of the molecule is N#Cc1ccc(-c2cc(NC[C@H]3CCC[C@H](N)C3)nn2-c2cccc(-c3cnn(CCO)c3)c2)cc1F. The molecule has 1 saturated carbocycles. The highest BCUT2D eigenvalue weighted by Crippen LogP contribution is 2.30. The molecule has 2 aromatic carbocycles. The van der Waals surface area contributed by atoms with E-state index in [0.29, 0.717) is 29.5 Å². The van der Waals surface area contributed by atoms with E-state index < -0.39 is 5.82 Å². The van der Waals surface area contributed by atoms with Crippen molar-refractivity contribution < 1.29 is 9.50 Å². The Morgan fingerprint density at radius 2 is 2.03 bits per heavy atom. The van der Waals surface area contributed by atoms with Gasteiger partial charge in [-0.1, -0.05) is 24.6 Å². The summed E-state index contributed by atoms with van der Waals surface area (Å²) in [6, 6.07) is 16.5. The molecule has 0 spiro atoms. The summed E-state index contributed by atoms with van der Waals surface area (Å²) in [7, 11) is 0. The first-order chi connectivity index (χ1) is 18.0. The third-order valence-corrected chi connectivity index (χ3v) is 6.88. The predicted molar refractivity (Wildman–Crippen MR) is 140 cm³/mol. The zero-order valence-corrected chi connectivity index (χ0v) is 20.5. The molecule has 0 amide bonds. The molecule has 0 bridgehead atoms. The van der Waals surface area contributed by atoms with Gasteiger partial charge in [-0.25, -0.2) is 9.07 Å². The van der Waals surface area contributed by atoms with Gasteiger partial charge in [0.05, 0.1) is 36.3 Å². The Hall–Kier alpha value is -4.00. The van der Waals surface area contributed by atoms with Gasteiger partial charge in [0.2, 0.25) is 0 Å². The topological polar surface area (TPSA) is 118 Å². The fraction of sp³-hybridized carbons (Fsp3) is 0.321. The fourth-order valence-electron chi connectivity index (χ4n) is 4.96. The molecule has 4 N–H and O–H groups in total. The first kappa shape index (κ1) is 24.7. The minimum Gasteiger partial charge on any atom is -0.394 e. The first-order valence-corrected chi connectivity index (χ1v) is 12.6. The van der Waals surface area contributed by atoms with E-state index in [2.05, 4.69) is 10.4 Å². The second-order valence-electron chi connectivity index (χ2n) is 9.57. The Labute approximate surface area is 215 Å². The quantitative estimate of drug-likeness (QED) is 0.332. The van der Waals surface area contributed by atoms with E-state index in [0.717, 1.165) is 49.0 Å². The second kappa shape index (κ2) is 10.9. The molecule has 9 heteroatoms. The molecule has 2 heterocycles. The minimum atomic E-state index is -0.566. The van der Waals surface area contributed by atoms with E-state index in [4.69, 9.17) is 16.1 Å². The van der Waals surface area contributed by atoms with Crippen LogP contribution >= 0.6 is 0 Å². The molecule has 190 valence electrons. The Bertz CT molecular complexity index is 1420. The lowest BCUT2D eigenvalue weighted by atomic mass is 9.86. The van der Waals surface area contributed by atoms with Gasteiger partial charge in [0.1, 0.15) is 17.7 Å². The number of nitrogens with one attached hydrogen (secondary N) is 1. The summed E-state index contributed by atoms with van der Waals surface area (Å²) in [5, 5.41) is 31.0. The average Bonchev–Trinajstić information content (AvgIpc) is 3.55. The molecule has 1 aliphatic carbocycles. The fourth-order valence-corrected chi connectivity index (χ4v) is 4.96. The molecule has 1 fully saturated rings. The van der Waals surface area contributed by atoms with E-state index in [1.54, 1.807) is 21.6 Å². The Morgan fingerprint density at radius 3 is 2.81 bits per heavy atom. The zero-order valence-electron chi connectivity index (χ0n) is 20.5. The van der Waals surface area contributed by atoms with Gasteiger partial charge in [0.25, 0.3) is 0 Å². The lowest BCUT2D eigenvalue weighted by molar-refractivity contribution is 0.269. The molecule has 5 rings (SSSR count). The molecular weight excluding hydrogens is 469 g/mol. The number of anilines is 1. The molecule has 0 saturated heterocycles. The number of hydrogen-bond donors (Lipinski definition) is 3. The van der Waals surface area contributed by atoms with Crippen LogP contribution in [0.1, 0.15) is 31.2 Å². The summed E-state index contributed by atoms with van der Waals surface area (Å²) in [4.78, 5) is 0. The summed E-state index contributed by atoms with van der Waals surface area (Å²) >= 11 is 0. The number of nitriles is 1. The van der Waals surface area contributed by atoms with Crippen LogP contribution in [-0.2, 0) is 6.54 Å². The van der Waals surface area contributed by atoms with Gasteiger partial charge in [-0.3, -0.25) is 4.68 Å². The van der Waals surface area contributed by atoms with Gasteiger partial charge in [0, 0.05) is 36.0 Å². The third kappa shape index (κ3) is 5.56. The van der Waals surface area contributed by atoms with Gasteiger partial charge >= 0.3 is 0 Å². The number of aliphatic hydroxyl groups is 1. The van der Waals surface area contributed by atoms with E-state index in [-0.39, 0.29) is 18.2 Å². The highest BCUT2D eigenvalue weighted by molar-refractivity contribution is 5.69. The van der Waals surface area contributed by atoms with Crippen LogP contribution in [0.3, 0.4) is 0 Å². The third-order valence-electron chi connectivity index (χ3n) is 6.88. The zero-order chi connectivity index (χ0) is 25.8. The maximum absolute atomic E-state index is 14.5. The van der Waals surface area contributed by atoms with Crippen molar-refractivity contribution in [3.8, 4) is 34.1 Å². The van der Waals surface area contributed by atoms with Crippen LogP contribution in [0.4, 0.5) is 10.2 Å². The molecule has 2 atom stereocenters. The van der Waals surface area contributed by atoms with Crippen molar-refractivity contribution in [2.45, 2.75) is 38.3 Å². The van der Waals surface area contributed by atoms with Crippen molar-refractivity contribution in [3.63, 3.8) is 0 Å². The number of halogens is 1. The summed E-state index contributed by atoms with van der Waals surface area (Å²) in [6.07, 6.45) is 8.00. The Kier molecular flexibility index (Phi) is 7.30. The van der Waals surface area contributed by atoms with Crippen LogP contribution < -0.4 is 11.1 Å². The van der Waals surface area contributed by atoms with Crippen LogP contribution in [-0.4, -0.2) is 43.9 Å². The molecule has 1 aliphatic rings. The number of rotatable bonds is 8. The van der Waals surface area contributed by atoms with Crippen molar-refractivity contribution in [1.29, 1.82) is 5.26 Å². The van der Waals surface area contributed by atoms with Gasteiger partial charge in [-0.2, -0.15) is 10.4 Å². The number of nitrogens with two attached hydrogens (primary N) is 1. The minimum absolute atomic E-state index is 0.00342. The van der Waals surface area contributed by atoms with Gasteiger partial charge in [-0.15, -0.1) is 5.10 Å². The van der Waals surface area contributed by atoms with E-state index in [1.165, 1.54) is 12.1 Å². The largest absolute Gasteiger partial charge is 0.394 e. The van der Waals surface area contributed by atoms with Crippen LogP contribution in [0, 0.1) is 23.1 Å². The normalized spacial score (nSPS) is 17.5. The maximum Gasteiger partial charge on any atom is 0.149 e. The molecular formula is C28H30FN7O. The Morgan fingerprint density at radius 1 is 1.14 bits per heavy atom. The standard InChI is InChI=1S/C28H30FN7O/c29-26-13-21(7-8-22(26)15-30)27-14-28(32-16-19-3-1-5-24(31)11-19)34-36(27)25-6-2-4-20(12-25)23-17-33-35(18-23)9-10-37/h2,4,6-8,12-14,17-19,24,37H,1,3,5,9-11,16,31H2,(H,32,34)/t19-,24-/m0/s1. The first-order valence-electron chi connectivity index (χ1n) is 12.6. The van der Waals surface area contributed by atoms with Crippen LogP contribution in [0.5, 0.6) is 0 Å². The molecule has 0 unspecified atom stereocenters. The molecule has 0 aliphatic heterocycles. The lowest BCUT2D eigenvalue weighted by Crippen LogP contribution is -2.31. The highest BCUT2D eigenvalue weighted by atomic mass is 19.1. The van der Waals surface area contributed by atoms with Gasteiger partial charge < -0.3 is 16.2 Å². The summed E-state index contributed by atoms with van der Waals surface area (Å²) in [5.41, 5.74) is 10.2. The van der Waals surface area contributed by atoms with E-state index >= 15 is 0 Å². The lowest BCUT2D eigenvalue weighted by Gasteiger charge is -2.26. The number of benzene rings is 2.